The lowest BCUT2D eigenvalue weighted by atomic mass is 10.2. The van der Waals surface area contributed by atoms with Gasteiger partial charge in [-0.3, -0.25) is 9.78 Å². The minimum absolute atomic E-state index is 0.356. The van der Waals surface area contributed by atoms with Crippen LogP contribution in [0.2, 0.25) is 0 Å². The summed E-state index contributed by atoms with van der Waals surface area (Å²) < 4.78 is 1.67. The molecule has 116 valence electrons. The van der Waals surface area contributed by atoms with Crippen LogP contribution in [0.25, 0.3) is 16.9 Å². The minimum atomic E-state index is -0.356. The molecule has 3 aromatic heterocycles. The van der Waals surface area contributed by atoms with Gasteiger partial charge in [-0.05, 0) is 25.1 Å². The first-order valence-electron chi connectivity index (χ1n) is 7.07. The third-order valence-electron chi connectivity index (χ3n) is 3.29. The highest BCUT2D eigenvalue weighted by molar-refractivity contribution is 6.04. The number of aromatic nitrogens is 4. The summed E-state index contributed by atoms with van der Waals surface area (Å²) in [6.45, 7) is 1.78. The Hall–Kier alpha value is -3.09. The lowest BCUT2D eigenvalue weighted by Gasteiger charge is -2.04. The van der Waals surface area contributed by atoms with Gasteiger partial charge in [0.1, 0.15) is 5.56 Å². The molecule has 0 saturated heterocycles. The van der Waals surface area contributed by atoms with E-state index in [0.717, 1.165) is 11.3 Å². The van der Waals surface area contributed by atoms with Crippen LogP contribution in [0.1, 0.15) is 16.1 Å². The van der Waals surface area contributed by atoms with E-state index >= 15 is 0 Å². The van der Waals surface area contributed by atoms with Crippen LogP contribution in [-0.4, -0.2) is 50.8 Å². The average Bonchev–Trinajstić information content (AvgIpc) is 2.89. The van der Waals surface area contributed by atoms with Gasteiger partial charge in [0.2, 0.25) is 0 Å². The summed E-state index contributed by atoms with van der Waals surface area (Å²) in [5.41, 5.74) is 3.30. The number of amides is 1. The second-order valence-corrected chi connectivity index (χ2v) is 5.28. The number of carbonyl (C=O) groups is 1. The molecule has 0 fully saturated rings. The van der Waals surface area contributed by atoms with Crippen LogP contribution >= 0.6 is 0 Å². The molecule has 0 saturated carbocycles. The molecule has 0 aliphatic carbocycles. The molecule has 7 heteroatoms. The van der Waals surface area contributed by atoms with Crippen LogP contribution in [0.4, 0.5) is 0 Å². The Labute approximate surface area is 133 Å². The number of pyridine rings is 1. The van der Waals surface area contributed by atoms with E-state index in [0.29, 0.717) is 16.9 Å². The fourth-order valence-electron chi connectivity index (χ4n) is 2.28. The Kier molecular flexibility index (Phi) is 3.84. The lowest BCUT2D eigenvalue weighted by Crippen LogP contribution is -2.10. The average molecular weight is 308 g/mol. The van der Waals surface area contributed by atoms with Gasteiger partial charge in [0.15, 0.2) is 5.65 Å². The maximum atomic E-state index is 12.4. The zero-order chi connectivity index (χ0) is 16.4. The summed E-state index contributed by atoms with van der Waals surface area (Å²) in [5, 5.41) is 4.46. The van der Waals surface area contributed by atoms with Crippen LogP contribution in [0.15, 0.2) is 41.8 Å². The molecular formula is C16H16N6O. The Morgan fingerprint density at radius 2 is 1.96 bits per heavy atom. The lowest BCUT2D eigenvalue weighted by molar-refractivity contribution is 0.100. The predicted molar refractivity (Wildman–Crippen MR) is 87.5 cm³/mol. The molecule has 3 heterocycles. The van der Waals surface area contributed by atoms with Crippen LogP contribution in [0.3, 0.4) is 0 Å². The van der Waals surface area contributed by atoms with Crippen LogP contribution in [0.5, 0.6) is 0 Å². The summed E-state index contributed by atoms with van der Waals surface area (Å²) in [7, 11) is 3.61. The molecule has 0 unspecified atom stereocenters. The number of hydrogen-bond acceptors (Lipinski definition) is 4. The first-order chi connectivity index (χ1) is 11.1. The van der Waals surface area contributed by atoms with E-state index in [9.17, 15) is 4.79 Å². The smallest absolute Gasteiger partial charge is 0.284 e. The van der Waals surface area contributed by atoms with Crippen molar-refractivity contribution in [2.75, 3.05) is 14.1 Å². The normalized spacial score (nSPS) is 11.3. The van der Waals surface area contributed by atoms with Gasteiger partial charge in [-0.1, -0.05) is 0 Å². The first-order valence-corrected chi connectivity index (χ1v) is 7.07. The Balaban J connectivity index is 2.16. The molecule has 0 aliphatic heterocycles. The van der Waals surface area contributed by atoms with Crippen molar-refractivity contribution in [3.8, 4) is 11.3 Å². The number of carbonyl (C=O) groups excluding carboxylic acids is 1. The SMILES string of the molecule is Cc1nn2c(-c3ccncc3)ccnc2c1C(=O)N=CN(C)C. The zero-order valence-electron chi connectivity index (χ0n) is 13.1. The van der Waals surface area contributed by atoms with Crippen molar-refractivity contribution >= 4 is 17.9 Å². The van der Waals surface area contributed by atoms with Gasteiger partial charge in [0.05, 0.1) is 17.7 Å². The van der Waals surface area contributed by atoms with E-state index in [1.807, 2.05) is 18.2 Å². The molecule has 23 heavy (non-hydrogen) atoms. The van der Waals surface area contributed by atoms with Gasteiger partial charge in [0.25, 0.3) is 5.91 Å². The van der Waals surface area contributed by atoms with Crippen molar-refractivity contribution < 1.29 is 4.79 Å². The van der Waals surface area contributed by atoms with Crippen molar-refractivity contribution in [3.05, 3.63) is 48.0 Å². The van der Waals surface area contributed by atoms with E-state index in [2.05, 4.69) is 20.1 Å². The number of nitrogens with zero attached hydrogens (tertiary/aromatic N) is 6. The fourth-order valence-corrected chi connectivity index (χ4v) is 2.28. The largest absolute Gasteiger partial charge is 0.369 e. The van der Waals surface area contributed by atoms with Crippen molar-refractivity contribution in [2.24, 2.45) is 4.99 Å². The van der Waals surface area contributed by atoms with Gasteiger partial charge in [0, 0.05) is 38.2 Å². The number of hydrogen-bond donors (Lipinski definition) is 0. The summed E-state index contributed by atoms with van der Waals surface area (Å²) in [6, 6.07) is 5.63. The van der Waals surface area contributed by atoms with Crippen molar-refractivity contribution in [2.45, 2.75) is 6.92 Å². The molecule has 0 N–H and O–H groups in total. The number of aryl methyl sites for hydroxylation is 1. The first kappa shape index (κ1) is 14.8. The standard InChI is InChI=1S/C16H16N6O/c1-11-14(16(23)19-10-21(2)3)15-18-9-6-13(22(15)20-11)12-4-7-17-8-5-12/h4-10H,1-3H3. The van der Waals surface area contributed by atoms with Crippen LogP contribution in [0, 0.1) is 6.92 Å². The van der Waals surface area contributed by atoms with Crippen molar-refractivity contribution in [3.63, 3.8) is 0 Å². The molecule has 0 aliphatic rings. The topological polar surface area (TPSA) is 75.7 Å². The van der Waals surface area contributed by atoms with E-state index < -0.39 is 0 Å². The summed E-state index contributed by atoms with van der Waals surface area (Å²) >= 11 is 0. The molecule has 0 atom stereocenters. The second kappa shape index (κ2) is 5.96. The van der Waals surface area contributed by atoms with E-state index in [4.69, 9.17) is 0 Å². The minimum Gasteiger partial charge on any atom is -0.369 e. The highest BCUT2D eigenvalue weighted by atomic mass is 16.1. The third-order valence-corrected chi connectivity index (χ3v) is 3.29. The monoisotopic (exact) mass is 308 g/mol. The Morgan fingerprint density at radius 3 is 2.65 bits per heavy atom. The second-order valence-electron chi connectivity index (χ2n) is 5.28. The van der Waals surface area contributed by atoms with Gasteiger partial charge in [-0.15, -0.1) is 0 Å². The predicted octanol–water partition coefficient (Wildman–Crippen LogP) is 1.83. The molecule has 0 bridgehead atoms. The number of rotatable bonds is 3. The van der Waals surface area contributed by atoms with Gasteiger partial charge < -0.3 is 4.90 Å². The summed E-state index contributed by atoms with van der Waals surface area (Å²) in [6.07, 6.45) is 6.56. The van der Waals surface area contributed by atoms with E-state index in [-0.39, 0.29) is 5.91 Å². The Bertz CT molecular complexity index is 882. The molecule has 3 rings (SSSR count). The van der Waals surface area contributed by atoms with Crippen LogP contribution in [-0.2, 0) is 0 Å². The van der Waals surface area contributed by atoms with Crippen LogP contribution < -0.4 is 0 Å². The van der Waals surface area contributed by atoms with Crippen molar-refractivity contribution in [1.29, 1.82) is 0 Å². The maximum Gasteiger partial charge on any atom is 0.284 e. The third kappa shape index (κ3) is 2.80. The summed E-state index contributed by atoms with van der Waals surface area (Å²) in [4.78, 5) is 26.3. The maximum absolute atomic E-state index is 12.4. The number of aliphatic imine (C=N–C) groups is 1. The highest BCUT2D eigenvalue weighted by Gasteiger charge is 2.19. The highest BCUT2D eigenvalue weighted by Crippen LogP contribution is 2.22. The van der Waals surface area contributed by atoms with Gasteiger partial charge >= 0.3 is 0 Å². The van der Waals surface area contributed by atoms with E-state index in [1.165, 1.54) is 6.34 Å². The Morgan fingerprint density at radius 1 is 1.22 bits per heavy atom. The number of fused-ring (bicyclic) bond motifs is 1. The van der Waals surface area contributed by atoms with Crippen molar-refractivity contribution in [1.82, 2.24) is 24.5 Å². The van der Waals surface area contributed by atoms with Gasteiger partial charge in [-0.25, -0.2) is 9.50 Å². The molecule has 1 amide bonds. The zero-order valence-corrected chi connectivity index (χ0v) is 13.1. The van der Waals surface area contributed by atoms with Gasteiger partial charge in [-0.2, -0.15) is 10.1 Å². The van der Waals surface area contributed by atoms with E-state index in [1.54, 1.807) is 49.0 Å². The summed E-state index contributed by atoms with van der Waals surface area (Å²) in [5.74, 6) is -0.356. The molecule has 0 radical (unpaired) electrons. The molecule has 7 nitrogen and oxygen atoms in total. The fraction of sp³-hybridized carbons (Fsp3) is 0.188. The quantitative estimate of drug-likeness (QED) is 0.545. The molecule has 3 aromatic rings. The molecular weight excluding hydrogens is 292 g/mol. The molecule has 0 spiro atoms. The molecule has 0 aromatic carbocycles.